The molecule has 1 amide bonds. The van der Waals surface area contributed by atoms with Crippen LogP contribution in [0.15, 0.2) is 10.6 Å². The average Bonchev–Trinajstić information content (AvgIpc) is 2.98. The summed E-state index contributed by atoms with van der Waals surface area (Å²) < 4.78 is 27.7. The van der Waals surface area contributed by atoms with Gasteiger partial charge in [-0.1, -0.05) is 5.16 Å². The minimum atomic E-state index is -2.89. The molecule has 1 saturated carbocycles. The van der Waals surface area contributed by atoms with Crippen LogP contribution in [0, 0.1) is 5.92 Å². The average molecular weight is 284 g/mol. The molecule has 2 fully saturated rings. The summed E-state index contributed by atoms with van der Waals surface area (Å²) in [5, 5.41) is 6.47. The molecule has 7 heteroatoms. The summed E-state index contributed by atoms with van der Waals surface area (Å²) in [6.07, 6.45) is 2.81. The maximum Gasteiger partial charge on any atom is 0.273 e. The van der Waals surface area contributed by atoms with E-state index in [0.29, 0.717) is 18.9 Å². The van der Waals surface area contributed by atoms with E-state index in [0.717, 1.165) is 18.6 Å². The second-order valence-corrected chi connectivity index (χ2v) is 7.60. The molecule has 2 heterocycles. The van der Waals surface area contributed by atoms with Crippen molar-refractivity contribution >= 4 is 15.7 Å². The van der Waals surface area contributed by atoms with Crippen molar-refractivity contribution in [2.75, 3.05) is 18.1 Å². The van der Waals surface area contributed by atoms with Gasteiger partial charge in [-0.2, -0.15) is 0 Å². The van der Waals surface area contributed by atoms with Gasteiger partial charge in [-0.05, 0) is 25.2 Å². The quantitative estimate of drug-likeness (QED) is 0.879. The van der Waals surface area contributed by atoms with Crippen LogP contribution in [0.1, 0.15) is 41.4 Å². The number of sulfone groups is 1. The summed E-state index contributed by atoms with van der Waals surface area (Å²) in [5.41, 5.74) is 0.280. The van der Waals surface area contributed by atoms with Gasteiger partial charge in [0.25, 0.3) is 5.91 Å². The summed E-state index contributed by atoms with van der Waals surface area (Å²) in [4.78, 5) is 11.8. The molecule has 104 valence electrons. The Hall–Kier alpha value is -1.37. The highest BCUT2D eigenvalue weighted by atomic mass is 32.2. The predicted octanol–water partition coefficient (Wildman–Crippen LogP) is 0.716. The third-order valence-corrected chi connectivity index (χ3v) is 5.46. The molecule has 1 aromatic heterocycles. The second kappa shape index (κ2) is 4.63. The van der Waals surface area contributed by atoms with Gasteiger partial charge in [-0.25, -0.2) is 8.42 Å². The van der Waals surface area contributed by atoms with Gasteiger partial charge in [0.1, 0.15) is 5.76 Å². The SMILES string of the molecule is O=C(NC[C@@H]1CCS(=O)(=O)C1)c1cc(C2CC2)on1. The largest absolute Gasteiger partial charge is 0.360 e. The molecule has 0 spiro atoms. The summed E-state index contributed by atoms with van der Waals surface area (Å²) >= 11 is 0. The monoisotopic (exact) mass is 284 g/mol. The molecule has 2 aliphatic rings. The fourth-order valence-corrected chi connectivity index (χ4v) is 4.18. The molecule has 0 bridgehead atoms. The minimum absolute atomic E-state index is 0.0174. The van der Waals surface area contributed by atoms with Crippen molar-refractivity contribution in [2.45, 2.75) is 25.2 Å². The van der Waals surface area contributed by atoms with Crippen molar-refractivity contribution in [3.8, 4) is 0 Å². The highest BCUT2D eigenvalue weighted by Crippen LogP contribution is 2.40. The van der Waals surface area contributed by atoms with Gasteiger partial charge < -0.3 is 9.84 Å². The Bertz CT molecular complexity index is 589. The molecule has 1 aromatic rings. The molecule has 0 unspecified atom stereocenters. The predicted molar refractivity (Wildman–Crippen MR) is 67.6 cm³/mol. The Morgan fingerprint density at radius 1 is 1.42 bits per heavy atom. The molecule has 19 heavy (non-hydrogen) atoms. The van der Waals surface area contributed by atoms with Crippen LogP contribution < -0.4 is 5.32 Å². The van der Waals surface area contributed by atoms with Crippen LogP contribution in [0.4, 0.5) is 0 Å². The lowest BCUT2D eigenvalue weighted by Gasteiger charge is -2.07. The van der Waals surface area contributed by atoms with Crippen LogP contribution in [0.3, 0.4) is 0 Å². The van der Waals surface area contributed by atoms with E-state index in [1.54, 1.807) is 6.07 Å². The van der Waals surface area contributed by atoms with Crippen LogP contribution in [0.5, 0.6) is 0 Å². The molecule has 1 atom stereocenters. The molecular weight excluding hydrogens is 268 g/mol. The Balaban J connectivity index is 1.53. The zero-order valence-corrected chi connectivity index (χ0v) is 11.3. The highest BCUT2D eigenvalue weighted by molar-refractivity contribution is 7.91. The van der Waals surface area contributed by atoms with Gasteiger partial charge in [-0.3, -0.25) is 4.79 Å². The lowest BCUT2D eigenvalue weighted by atomic mass is 10.1. The maximum atomic E-state index is 11.8. The fourth-order valence-electron chi connectivity index (χ4n) is 2.32. The fraction of sp³-hybridized carbons (Fsp3) is 0.667. The van der Waals surface area contributed by atoms with E-state index in [2.05, 4.69) is 10.5 Å². The van der Waals surface area contributed by atoms with E-state index in [4.69, 9.17) is 4.52 Å². The van der Waals surface area contributed by atoms with Crippen molar-refractivity contribution in [3.63, 3.8) is 0 Å². The van der Waals surface area contributed by atoms with Crippen molar-refractivity contribution in [1.82, 2.24) is 10.5 Å². The Kier molecular flexibility index (Phi) is 3.08. The van der Waals surface area contributed by atoms with Gasteiger partial charge in [0.05, 0.1) is 11.5 Å². The van der Waals surface area contributed by atoms with Gasteiger partial charge in [0.2, 0.25) is 0 Å². The van der Waals surface area contributed by atoms with Gasteiger partial charge in [-0.15, -0.1) is 0 Å². The number of carbonyl (C=O) groups excluding carboxylic acids is 1. The summed E-state index contributed by atoms with van der Waals surface area (Å²) in [6.45, 7) is 0.379. The molecular formula is C12H16N2O4S. The Labute approximate surface area is 111 Å². The van der Waals surface area contributed by atoms with Crippen molar-refractivity contribution in [1.29, 1.82) is 0 Å². The lowest BCUT2D eigenvalue weighted by molar-refractivity contribution is 0.0939. The molecule has 6 nitrogen and oxygen atoms in total. The van der Waals surface area contributed by atoms with Crippen molar-refractivity contribution in [2.24, 2.45) is 5.92 Å². The van der Waals surface area contributed by atoms with Crippen LogP contribution >= 0.6 is 0 Å². The molecule has 0 aromatic carbocycles. The van der Waals surface area contributed by atoms with Crippen LogP contribution in [-0.4, -0.2) is 37.5 Å². The van der Waals surface area contributed by atoms with Crippen LogP contribution in [0.2, 0.25) is 0 Å². The topological polar surface area (TPSA) is 89.3 Å². The first-order chi connectivity index (χ1) is 9.03. The lowest BCUT2D eigenvalue weighted by Crippen LogP contribution is -2.30. The van der Waals surface area contributed by atoms with E-state index in [1.807, 2.05) is 0 Å². The van der Waals surface area contributed by atoms with E-state index in [9.17, 15) is 13.2 Å². The number of aromatic nitrogens is 1. The van der Waals surface area contributed by atoms with Crippen LogP contribution in [-0.2, 0) is 9.84 Å². The van der Waals surface area contributed by atoms with Gasteiger partial charge in [0.15, 0.2) is 15.5 Å². The number of hydrogen-bond donors (Lipinski definition) is 1. The first kappa shape index (κ1) is 12.7. The molecule has 1 saturated heterocycles. The Morgan fingerprint density at radius 3 is 2.84 bits per heavy atom. The number of carbonyl (C=O) groups is 1. The Morgan fingerprint density at radius 2 is 2.21 bits per heavy atom. The van der Waals surface area contributed by atoms with E-state index >= 15 is 0 Å². The third kappa shape index (κ3) is 2.97. The number of amides is 1. The van der Waals surface area contributed by atoms with E-state index < -0.39 is 9.84 Å². The van der Waals surface area contributed by atoms with E-state index in [-0.39, 0.29) is 29.0 Å². The number of nitrogens with zero attached hydrogens (tertiary/aromatic N) is 1. The number of nitrogens with one attached hydrogen (secondary N) is 1. The molecule has 1 aliphatic heterocycles. The van der Waals surface area contributed by atoms with Crippen molar-refractivity contribution in [3.05, 3.63) is 17.5 Å². The second-order valence-electron chi connectivity index (χ2n) is 5.37. The highest BCUT2D eigenvalue weighted by Gasteiger charge is 2.30. The van der Waals surface area contributed by atoms with Gasteiger partial charge >= 0.3 is 0 Å². The normalized spacial score (nSPS) is 25.4. The van der Waals surface area contributed by atoms with Crippen molar-refractivity contribution < 1.29 is 17.7 Å². The summed E-state index contributed by atoms with van der Waals surface area (Å²) in [5.74, 6) is 1.31. The molecule has 3 rings (SSSR count). The summed E-state index contributed by atoms with van der Waals surface area (Å²) in [7, 11) is -2.89. The van der Waals surface area contributed by atoms with E-state index in [1.165, 1.54) is 0 Å². The standard InChI is InChI=1S/C12H16N2O4S/c15-12(10-5-11(18-14-10)9-1-2-9)13-6-8-3-4-19(16,17)7-8/h5,8-9H,1-4,6-7H2,(H,13,15)/t8-/m0/s1. The molecule has 1 N–H and O–H groups in total. The molecule has 0 radical (unpaired) electrons. The first-order valence-electron chi connectivity index (χ1n) is 6.49. The zero-order valence-electron chi connectivity index (χ0n) is 10.5. The smallest absolute Gasteiger partial charge is 0.273 e. The zero-order chi connectivity index (χ0) is 13.5. The third-order valence-electron chi connectivity index (χ3n) is 3.62. The minimum Gasteiger partial charge on any atom is -0.360 e. The van der Waals surface area contributed by atoms with Gasteiger partial charge in [0, 0.05) is 18.5 Å². The number of rotatable bonds is 4. The molecule has 1 aliphatic carbocycles. The first-order valence-corrected chi connectivity index (χ1v) is 8.31. The van der Waals surface area contributed by atoms with Crippen LogP contribution in [0.25, 0.3) is 0 Å². The maximum absolute atomic E-state index is 11.8. The number of hydrogen-bond acceptors (Lipinski definition) is 5. The summed E-state index contributed by atoms with van der Waals surface area (Å²) in [6, 6.07) is 1.68.